The molecule has 1 heterocycles. The summed E-state index contributed by atoms with van der Waals surface area (Å²) in [4.78, 5) is 16.3. The molecule has 0 saturated carbocycles. The fraction of sp³-hybridized carbons (Fsp3) is 0.217. The first kappa shape index (κ1) is 21.9. The van der Waals surface area contributed by atoms with Crippen LogP contribution in [0.1, 0.15) is 23.0 Å². The number of aliphatic imine (C=N–C) groups is 1. The van der Waals surface area contributed by atoms with E-state index >= 15 is 0 Å². The van der Waals surface area contributed by atoms with Crippen LogP contribution < -0.4 is 20.7 Å². The Kier molecular flexibility index (Phi) is 7.64. The number of ether oxygens (including phenoxy) is 1. The van der Waals surface area contributed by atoms with Crippen LogP contribution in [0.15, 0.2) is 76.3 Å². The van der Waals surface area contributed by atoms with Crippen LogP contribution in [-0.4, -0.2) is 31.6 Å². The van der Waals surface area contributed by atoms with E-state index in [-0.39, 0.29) is 23.5 Å². The van der Waals surface area contributed by atoms with E-state index in [0.717, 1.165) is 5.56 Å². The standard InChI is InChI=1S/C23H25FN4O3/c1-16(31-20-10-4-3-9-19(20)24)14-26-23(25-2)27-15-17-7-5-8-18(13-17)28-22(29)21-11-6-12-30-21/h3-13,16H,14-15H2,1-2H3,(H,28,29)(H2,25,26,27). The molecule has 31 heavy (non-hydrogen) atoms. The molecule has 8 heteroatoms. The van der Waals surface area contributed by atoms with Crippen molar-refractivity contribution in [3.8, 4) is 5.75 Å². The number of rotatable bonds is 8. The van der Waals surface area contributed by atoms with Crippen LogP contribution >= 0.6 is 0 Å². The predicted octanol–water partition coefficient (Wildman–Crippen LogP) is 3.80. The molecular weight excluding hydrogens is 399 g/mol. The molecule has 1 aromatic heterocycles. The minimum Gasteiger partial charge on any atom is -0.486 e. The van der Waals surface area contributed by atoms with Gasteiger partial charge in [0.15, 0.2) is 23.3 Å². The highest BCUT2D eigenvalue weighted by Crippen LogP contribution is 2.17. The Balaban J connectivity index is 1.48. The second kappa shape index (κ2) is 10.8. The molecule has 0 spiro atoms. The highest BCUT2D eigenvalue weighted by atomic mass is 19.1. The number of nitrogens with zero attached hydrogens (tertiary/aromatic N) is 1. The number of guanidine groups is 1. The molecule has 0 aliphatic rings. The molecule has 1 atom stereocenters. The van der Waals surface area contributed by atoms with Gasteiger partial charge in [-0.05, 0) is 48.9 Å². The van der Waals surface area contributed by atoms with Gasteiger partial charge < -0.3 is 25.1 Å². The third-order valence-corrected chi connectivity index (χ3v) is 4.34. The largest absolute Gasteiger partial charge is 0.486 e. The molecular formula is C23H25FN4O3. The first-order valence-electron chi connectivity index (χ1n) is 9.84. The Morgan fingerprint density at radius 3 is 2.71 bits per heavy atom. The lowest BCUT2D eigenvalue weighted by Crippen LogP contribution is -2.41. The highest BCUT2D eigenvalue weighted by molar-refractivity contribution is 6.02. The molecule has 0 aliphatic heterocycles. The number of carbonyl (C=O) groups is 1. The maximum atomic E-state index is 13.7. The van der Waals surface area contributed by atoms with Gasteiger partial charge in [-0.25, -0.2) is 4.39 Å². The lowest BCUT2D eigenvalue weighted by atomic mass is 10.2. The molecule has 1 unspecified atom stereocenters. The van der Waals surface area contributed by atoms with Crippen molar-refractivity contribution in [1.82, 2.24) is 10.6 Å². The van der Waals surface area contributed by atoms with E-state index in [1.807, 2.05) is 25.1 Å². The van der Waals surface area contributed by atoms with E-state index in [1.165, 1.54) is 12.3 Å². The second-order valence-corrected chi connectivity index (χ2v) is 6.80. The molecule has 3 N–H and O–H groups in total. The molecule has 0 radical (unpaired) electrons. The second-order valence-electron chi connectivity index (χ2n) is 6.80. The summed E-state index contributed by atoms with van der Waals surface area (Å²) >= 11 is 0. The van der Waals surface area contributed by atoms with E-state index in [2.05, 4.69) is 20.9 Å². The maximum Gasteiger partial charge on any atom is 0.291 e. The molecule has 3 aromatic rings. The van der Waals surface area contributed by atoms with Crippen molar-refractivity contribution in [2.45, 2.75) is 19.6 Å². The van der Waals surface area contributed by atoms with Gasteiger partial charge in [0.05, 0.1) is 12.8 Å². The van der Waals surface area contributed by atoms with Crippen molar-refractivity contribution < 1.29 is 18.3 Å². The number of furan rings is 1. The average molecular weight is 424 g/mol. The molecule has 0 saturated heterocycles. The number of para-hydroxylation sites is 1. The summed E-state index contributed by atoms with van der Waals surface area (Å²) in [5.74, 6) is 0.342. The monoisotopic (exact) mass is 424 g/mol. The Bertz CT molecular complexity index is 1020. The predicted molar refractivity (Wildman–Crippen MR) is 118 cm³/mol. The van der Waals surface area contributed by atoms with Crippen LogP contribution in [0.25, 0.3) is 0 Å². The van der Waals surface area contributed by atoms with Crippen LogP contribution in [-0.2, 0) is 6.54 Å². The fourth-order valence-corrected chi connectivity index (χ4v) is 2.81. The zero-order valence-corrected chi connectivity index (χ0v) is 17.4. The van der Waals surface area contributed by atoms with E-state index in [4.69, 9.17) is 9.15 Å². The Morgan fingerprint density at radius 1 is 1.13 bits per heavy atom. The zero-order chi connectivity index (χ0) is 22.1. The average Bonchev–Trinajstić information content (AvgIpc) is 3.31. The van der Waals surface area contributed by atoms with Crippen molar-refractivity contribution in [3.05, 3.63) is 84.1 Å². The number of hydrogen-bond acceptors (Lipinski definition) is 4. The number of amides is 1. The first-order chi connectivity index (χ1) is 15.0. The molecule has 0 bridgehead atoms. The molecule has 0 fully saturated rings. The number of anilines is 1. The van der Waals surface area contributed by atoms with Gasteiger partial charge in [0.1, 0.15) is 6.10 Å². The smallest absolute Gasteiger partial charge is 0.291 e. The van der Waals surface area contributed by atoms with E-state index in [0.29, 0.717) is 24.7 Å². The van der Waals surface area contributed by atoms with E-state index < -0.39 is 5.82 Å². The van der Waals surface area contributed by atoms with Crippen LogP contribution in [0.5, 0.6) is 5.75 Å². The number of benzene rings is 2. The summed E-state index contributed by atoms with van der Waals surface area (Å²) in [5, 5.41) is 9.16. The van der Waals surface area contributed by atoms with Gasteiger partial charge in [0.25, 0.3) is 5.91 Å². The Labute approximate surface area is 180 Å². The molecule has 2 aromatic carbocycles. The number of hydrogen-bond donors (Lipinski definition) is 3. The van der Waals surface area contributed by atoms with Crippen molar-refractivity contribution in [2.75, 3.05) is 18.9 Å². The van der Waals surface area contributed by atoms with Crippen LogP contribution in [0.4, 0.5) is 10.1 Å². The summed E-state index contributed by atoms with van der Waals surface area (Å²) in [5.41, 5.74) is 1.62. The van der Waals surface area contributed by atoms with Gasteiger partial charge in [0.2, 0.25) is 0 Å². The van der Waals surface area contributed by atoms with Gasteiger partial charge in [-0.3, -0.25) is 9.79 Å². The van der Waals surface area contributed by atoms with Crippen molar-refractivity contribution in [1.29, 1.82) is 0 Å². The van der Waals surface area contributed by atoms with Gasteiger partial charge in [-0.15, -0.1) is 0 Å². The molecule has 162 valence electrons. The first-order valence-corrected chi connectivity index (χ1v) is 9.84. The van der Waals surface area contributed by atoms with Crippen LogP contribution in [0.2, 0.25) is 0 Å². The molecule has 7 nitrogen and oxygen atoms in total. The van der Waals surface area contributed by atoms with Gasteiger partial charge in [0, 0.05) is 19.3 Å². The van der Waals surface area contributed by atoms with E-state index in [1.54, 1.807) is 43.4 Å². The van der Waals surface area contributed by atoms with Crippen molar-refractivity contribution in [3.63, 3.8) is 0 Å². The molecule has 3 rings (SSSR count). The van der Waals surface area contributed by atoms with Crippen LogP contribution in [0.3, 0.4) is 0 Å². The number of nitrogens with one attached hydrogen (secondary N) is 3. The minimum atomic E-state index is -0.393. The summed E-state index contributed by atoms with van der Waals surface area (Å²) in [6.45, 7) is 2.78. The van der Waals surface area contributed by atoms with Crippen molar-refractivity contribution >= 4 is 17.6 Å². The number of halogens is 1. The van der Waals surface area contributed by atoms with E-state index in [9.17, 15) is 9.18 Å². The van der Waals surface area contributed by atoms with Gasteiger partial charge in [-0.1, -0.05) is 24.3 Å². The Morgan fingerprint density at radius 2 is 1.97 bits per heavy atom. The molecule has 0 aliphatic carbocycles. The summed E-state index contributed by atoms with van der Waals surface area (Å²) < 4.78 is 24.4. The normalized spacial score (nSPS) is 12.2. The summed E-state index contributed by atoms with van der Waals surface area (Å²) in [7, 11) is 1.66. The summed E-state index contributed by atoms with van der Waals surface area (Å²) in [6.07, 6.45) is 1.19. The number of carbonyl (C=O) groups excluding carboxylic acids is 1. The quantitative estimate of drug-likeness (QED) is 0.378. The SMILES string of the molecule is CN=C(NCc1cccc(NC(=O)c2ccco2)c1)NCC(C)Oc1ccccc1F. The maximum absolute atomic E-state index is 13.7. The van der Waals surface area contributed by atoms with Crippen LogP contribution in [0, 0.1) is 5.82 Å². The highest BCUT2D eigenvalue weighted by Gasteiger charge is 2.10. The lowest BCUT2D eigenvalue weighted by molar-refractivity contribution is 0.0996. The van der Waals surface area contributed by atoms with Gasteiger partial charge in [-0.2, -0.15) is 0 Å². The van der Waals surface area contributed by atoms with Gasteiger partial charge >= 0.3 is 0 Å². The molecule has 1 amide bonds. The fourth-order valence-electron chi connectivity index (χ4n) is 2.81. The topological polar surface area (TPSA) is 87.9 Å². The van der Waals surface area contributed by atoms with Crippen molar-refractivity contribution in [2.24, 2.45) is 4.99 Å². The lowest BCUT2D eigenvalue weighted by Gasteiger charge is -2.18. The zero-order valence-electron chi connectivity index (χ0n) is 17.4. The Hall–Kier alpha value is -3.81. The minimum absolute atomic E-state index is 0.216. The third kappa shape index (κ3) is 6.60. The summed E-state index contributed by atoms with van der Waals surface area (Å²) in [6, 6.07) is 17.0. The third-order valence-electron chi connectivity index (χ3n) is 4.34.